The van der Waals surface area contributed by atoms with E-state index in [4.69, 9.17) is 16.6 Å². The fourth-order valence-corrected chi connectivity index (χ4v) is 1.14. The smallest absolute Gasteiger partial charge is 0.0449 e. The highest BCUT2D eigenvalue weighted by molar-refractivity contribution is 5.47. The van der Waals surface area contributed by atoms with Gasteiger partial charge in [-0.3, -0.25) is 0 Å². The van der Waals surface area contributed by atoms with E-state index in [0.717, 1.165) is 5.56 Å². The van der Waals surface area contributed by atoms with E-state index in [1.165, 1.54) is 0 Å². The fourth-order valence-electron chi connectivity index (χ4n) is 1.14. The average molecular weight is 166 g/mol. The predicted octanol–water partition coefficient (Wildman–Crippen LogP) is 0.651. The van der Waals surface area contributed by atoms with Gasteiger partial charge in [0.1, 0.15) is 0 Å². The third-order valence-corrected chi connectivity index (χ3v) is 1.84. The maximum Gasteiger partial charge on any atom is 0.0449 e. The van der Waals surface area contributed by atoms with E-state index in [0.29, 0.717) is 12.1 Å². The Bertz CT molecular complexity index is 250. The Labute approximate surface area is 72.0 Å². The van der Waals surface area contributed by atoms with Crippen LogP contribution in [0.1, 0.15) is 18.0 Å². The number of hydrogen-bond acceptors (Lipinski definition) is 3. The van der Waals surface area contributed by atoms with Crippen molar-refractivity contribution in [3.8, 4) is 0 Å². The average Bonchev–Trinajstić information content (AvgIpc) is 2.05. The van der Waals surface area contributed by atoms with Crippen molar-refractivity contribution < 1.29 is 5.11 Å². The van der Waals surface area contributed by atoms with Crippen LogP contribution in [0.15, 0.2) is 24.3 Å². The number of nitrogens with two attached hydrogens (primary N) is 2. The third-order valence-electron chi connectivity index (χ3n) is 1.84. The summed E-state index contributed by atoms with van der Waals surface area (Å²) in [5.41, 5.74) is 13.1. The molecule has 0 fully saturated rings. The first-order valence-corrected chi connectivity index (χ1v) is 3.96. The van der Waals surface area contributed by atoms with Crippen molar-refractivity contribution >= 4 is 5.69 Å². The number of anilines is 1. The number of benzene rings is 1. The Balaban J connectivity index is 2.79. The number of hydrogen-bond donors (Lipinski definition) is 3. The number of aliphatic hydroxyl groups excluding tert-OH is 1. The molecule has 0 aromatic heterocycles. The van der Waals surface area contributed by atoms with Crippen LogP contribution in [-0.2, 0) is 0 Å². The van der Waals surface area contributed by atoms with Crippen molar-refractivity contribution in [3.05, 3.63) is 29.8 Å². The highest BCUT2D eigenvalue weighted by atomic mass is 16.3. The maximum absolute atomic E-state index is 8.67. The highest BCUT2D eigenvalue weighted by Gasteiger charge is 2.06. The first-order chi connectivity index (χ1) is 5.75. The van der Waals surface area contributed by atoms with Crippen LogP contribution < -0.4 is 11.5 Å². The lowest BCUT2D eigenvalue weighted by molar-refractivity contribution is 0.276. The van der Waals surface area contributed by atoms with E-state index < -0.39 is 0 Å². The summed E-state index contributed by atoms with van der Waals surface area (Å²) in [5.74, 6) is 0. The zero-order valence-electron chi connectivity index (χ0n) is 6.90. The normalized spacial score (nSPS) is 12.8. The van der Waals surface area contributed by atoms with Crippen molar-refractivity contribution in [1.29, 1.82) is 0 Å². The Kier molecular flexibility index (Phi) is 3.08. The van der Waals surface area contributed by atoms with Crippen LogP contribution in [-0.4, -0.2) is 11.7 Å². The van der Waals surface area contributed by atoms with Crippen LogP contribution in [0.3, 0.4) is 0 Å². The van der Waals surface area contributed by atoms with E-state index >= 15 is 0 Å². The molecule has 1 atom stereocenters. The molecular weight excluding hydrogens is 152 g/mol. The quantitative estimate of drug-likeness (QED) is 0.577. The van der Waals surface area contributed by atoms with Crippen LogP contribution in [0, 0.1) is 0 Å². The van der Waals surface area contributed by atoms with Gasteiger partial charge in [0.25, 0.3) is 0 Å². The van der Waals surface area contributed by atoms with Gasteiger partial charge in [-0.1, -0.05) is 18.2 Å². The Morgan fingerprint density at radius 1 is 1.33 bits per heavy atom. The second-order valence-corrected chi connectivity index (χ2v) is 2.75. The Morgan fingerprint density at radius 2 is 2.00 bits per heavy atom. The Morgan fingerprint density at radius 3 is 2.58 bits per heavy atom. The van der Waals surface area contributed by atoms with E-state index in [-0.39, 0.29) is 12.6 Å². The van der Waals surface area contributed by atoms with E-state index in [1.54, 1.807) is 0 Å². The lowest BCUT2D eigenvalue weighted by atomic mass is 10.0. The molecule has 0 spiro atoms. The van der Waals surface area contributed by atoms with Gasteiger partial charge in [0, 0.05) is 18.3 Å². The van der Waals surface area contributed by atoms with Crippen molar-refractivity contribution in [2.24, 2.45) is 5.73 Å². The first kappa shape index (κ1) is 9.03. The van der Waals surface area contributed by atoms with Gasteiger partial charge in [0.2, 0.25) is 0 Å². The van der Waals surface area contributed by atoms with Gasteiger partial charge in [0.15, 0.2) is 0 Å². The minimum atomic E-state index is -0.156. The molecule has 12 heavy (non-hydrogen) atoms. The van der Waals surface area contributed by atoms with Gasteiger partial charge in [-0.15, -0.1) is 0 Å². The van der Waals surface area contributed by atoms with Gasteiger partial charge in [-0.2, -0.15) is 0 Å². The van der Waals surface area contributed by atoms with Crippen molar-refractivity contribution in [2.75, 3.05) is 12.3 Å². The number of aliphatic hydroxyl groups is 1. The molecule has 1 aromatic carbocycles. The van der Waals surface area contributed by atoms with Gasteiger partial charge < -0.3 is 16.6 Å². The number of para-hydroxylation sites is 1. The zero-order chi connectivity index (χ0) is 8.97. The summed E-state index contributed by atoms with van der Waals surface area (Å²) in [4.78, 5) is 0. The molecule has 3 heteroatoms. The lowest BCUT2D eigenvalue weighted by Crippen LogP contribution is -2.13. The molecule has 1 aromatic rings. The third kappa shape index (κ3) is 1.96. The molecule has 0 unspecified atom stereocenters. The summed E-state index contributed by atoms with van der Waals surface area (Å²) < 4.78 is 0. The molecule has 0 aliphatic carbocycles. The van der Waals surface area contributed by atoms with E-state index in [1.807, 2.05) is 24.3 Å². The van der Waals surface area contributed by atoms with Crippen LogP contribution in [0.2, 0.25) is 0 Å². The lowest BCUT2D eigenvalue weighted by Gasteiger charge is -2.12. The summed E-state index contributed by atoms with van der Waals surface area (Å²) >= 11 is 0. The van der Waals surface area contributed by atoms with Gasteiger partial charge >= 0.3 is 0 Å². The molecule has 66 valence electrons. The summed E-state index contributed by atoms with van der Waals surface area (Å²) in [6.07, 6.45) is 0.550. The summed E-state index contributed by atoms with van der Waals surface area (Å²) in [7, 11) is 0. The predicted molar refractivity (Wildman–Crippen MR) is 49.5 cm³/mol. The molecule has 3 nitrogen and oxygen atoms in total. The van der Waals surface area contributed by atoms with Crippen molar-refractivity contribution in [3.63, 3.8) is 0 Å². The van der Waals surface area contributed by atoms with Crippen molar-refractivity contribution in [1.82, 2.24) is 0 Å². The minimum absolute atomic E-state index is 0.0928. The number of nitrogen functional groups attached to an aromatic ring is 1. The van der Waals surface area contributed by atoms with E-state index in [9.17, 15) is 0 Å². The second kappa shape index (κ2) is 4.09. The molecular formula is C9H14N2O. The second-order valence-electron chi connectivity index (χ2n) is 2.75. The monoisotopic (exact) mass is 166 g/mol. The minimum Gasteiger partial charge on any atom is -0.398 e. The molecule has 0 aliphatic rings. The molecule has 0 amide bonds. The molecule has 0 saturated carbocycles. The van der Waals surface area contributed by atoms with E-state index in [2.05, 4.69) is 0 Å². The molecule has 5 N–H and O–H groups in total. The standard InChI is InChI=1S/C9H14N2O/c10-8-4-2-1-3-7(8)9(11)5-6-12/h1-4,9,12H,5-6,10-11H2/t9-/m0/s1. The fraction of sp³-hybridized carbons (Fsp3) is 0.333. The zero-order valence-corrected chi connectivity index (χ0v) is 6.90. The van der Waals surface area contributed by atoms with Crippen LogP contribution in [0.5, 0.6) is 0 Å². The molecule has 0 radical (unpaired) electrons. The van der Waals surface area contributed by atoms with Crippen LogP contribution in [0.4, 0.5) is 5.69 Å². The van der Waals surface area contributed by atoms with Gasteiger partial charge in [-0.05, 0) is 18.1 Å². The Hall–Kier alpha value is -1.06. The summed E-state index contributed by atoms with van der Waals surface area (Å²) in [5, 5.41) is 8.67. The number of rotatable bonds is 3. The molecule has 0 bridgehead atoms. The topological polar surface area (TPSA) is 72.3 Å². The van der Waals surface area contributed by atoms with Crippen molar-refractivity contribution in [2.45, 2.75) is 12.5 Å². The highest BCUT2D eigenvalue weighted by Crippen LogP contribution is 2.19. The van der Waals surface area contributed by atoms with Crippen LogP contribution in [0.25, 0.3) is 0 Å². The summed E-state index contributed by atoms with van der Waals surface area (Å²) in [6.45, 7) is 0.0928. The van der Waals surface area contributed by atoms with Gasteiger partial charge in [0.05, 0.1) is 0 Å². The van der Waals surface area contributed by atoms with Gasteiger partial charge in [-0.25, -0.2) is 0 Å². The first-order valence-electron chi connectivity index (χ1n) is 3.96. The molecule has 0 heterocycles. The largest absolute Gasteiger partial charge is 0.398 e. The maximum atomic E-state index is 8.67. The molecule has 1 rings (SSSR count). The summed E-state index contributed by atoms with van der Waals surface area (Å²) in [6, 6.07) is 7.30. The SMILES string of the molecule is Nc1ccccc1[C@@H](N)CCO. The van der Waals surface area contributed by atoms with Crippen LogP contribution >= 0.6 is 0 Å². The molecule has 0 saturated heterocycles. The molecule has 0 aliphatic heterocycles.